The van der Waals surface area contributed by atoms with E-state index < -0.39 is 44.9 Å². The quantitative estimate of drug-likeness (QED) is 0.423. The highest BCUT2D eigenvalue weighted by atomic mass is 32.2. The van der Waals surface area contributed by atoms with Gasteiger partial charge in [0, 0.05) is 11.6 Å². The summed E-state index contributed by atoms with van der Waals surface area (Å²) in [5.41, 5.74) is -0.128. The molecule has 0 bridgehead atoms. The number of esters is 1. The summed E-state index contributed by atoms with van der Waals surface area (Å²) in [6.07, 6.45) is 0. The van der Waals surface area contributed by atoms with Gasteiger partial charge in [0.15, 0.2) is 12.4 Å². The third-order valence-corrected chi connectivity index (χ3v) is 4.15. The van der Waals surface area contributed by atoms with Crippen LogP contribution in [-0.2, 0) is 19.6 Å². The van der Waals surface area contributed by atoms with Crippen molar-refractivity contribution in [2.24, 2.45) is 0 Å². The third-order valence-electron chi connectivity index (χ3n) is 3.27. The van der Waals surface area contributed by atoms with Crippen LogP contribution in [0.15, 0.2) is 47.4 Å². The van der Waals surface area contributed by atoms with Gasteiger partial charge in [-0.2, -0.15) is 8.42 Å². The fourth-order valence-electron chi connectivity index (χ4n) is 2.13. The number of benzene rings is 2. The molecule has 0 saturated carbocycles. The molecule has 0 aliphatic heterocycles. The Morgan fingerprint density at radius 1 is 1.12 bits per heavy atom. The van der Waals surface area contributed by atoms with E-state index in [1.165, 1.54) is 12.1 Å². The zero-order valence-electron chi connectivity index (χ0n) is 13.7. The molecule has 2 rings (SSSR count). The second kappa shape index (κ2) is 7.98. The van der Waals surface area contributed by atoms with Gasteiger partial charge in [-0.1, -0.05) is 30.3 Å². The number of carbonyl (C=O) groups is 2. The first-order valence-corrected chi connectivity index (χ1v) is 8.90. The van der Waals surface area contributed by atoms with Gasteiger partial charge in [0.05, 0.1) is 12.2 Å². The van der Waals surface area contributed by atoms with Crippen LogP contribution >= 0.6 is 0 Å². The topological polar surface area (TPSA) is 127 Å². The van der Waals surface area contributed by atoms with Crippen molar-refractivity contribution in [3.05, 3.63) is 53.6 Å². The molecular formula is C17H16O8S. The van der Waals surface area contributed by atoms with E-state index in [4.69, 9.17) is 4.74 Å². The highest BCUT2D eigenvalue weighted by Gasteiger charge is 2.24. The van der Waals surface area contributed by atoms with Crippen molar-refractivity contribution in [3.8, 4) is 11.5 Å². The summed E-state index contributed by atoms with van der Waals surface area (Å²) in [5, 5.41) is 10.1. The maximum atomic E-state index is 12.5. The summed E-state index contributed by atoms with van der Waals surface area (Å²) < 4.78 is 42.3. The lowest BCUT2D eigenvalue weighted by atomic mass is 10.0. The molecule has 26 heavy (non-hydrogen) atoms. The average molecular weight is 380 g/mol. The molecule has 2 aromatic carbocycles. The molecule has 2 N–H and O–H groups in total. The van der Waals surface area contributed by atoms with E-state index in [1.807, 2.05) is 0 Å². The summed E-state index contributed by atoms with van der Waals surface area (Å²) >= 11 is 0. The van der Waals surface area contributed by atoms with Crippen LogP contribution < -0.4 is 4.74 Å². The standard InChI is InChI=1S/C17H16O8S/c1-2-24-16(19)10-25-14-9-13(18)12(8-15(14)26(21,22)23)17(20)11-6-4-3-5-7-11/h3-9,18H,2,10H2,1H3,(H,21,22,23). The number of hydrogen-bond acceptors (Lipinski definition) is 7. The Kier molecular flexibility index (Phi) is 5.96. The summed E-state index contributed by atoms with van der Waals surface area (Å²) in [5.74, 6) is -2.46. The maximum absolute atomic E-state index is 12.5. The van der Waals surface area contributed by atoms with Gasteiger partial charge in [0.2, 0.25) is 0 Å². The number of hydrogen-bond donors (Lipinski definition) is 2. The number of ether oxygens (including phenoxy) is 2. The van der Waals surface area contributed by atoms with E-state index in [9.17, 15) is 27.7 Å². The summed E-state index contributed by atoms with van der Waals surface area (Å²) in [4.78, 5) is 23.1. The lowest BCUT2D eigenvalue weighted by Crippen LogP contribution is -2.16. The minimum absolute atomic E-state index is 0.100. The first-order chi connectivity index (χ1) is 12.2. The third kappa shape index (κ3) is 4.58. The predicted molar refractivity (Wildman–Crippen MR) is 89.9 cm³/mol. The van der Waals surface area contributed by atoms with Gasteiger partial charge in [-0.05, 0) is 13.0 Å². The number of carbonyl (C=O) groups excluding carboxylic acids is 2. The lowest BCUT2D eigenvalue weighted by molar-refractivity contribution is -0.145. The Labute approximate surface area is 149 Å². The molecule has 0 aliphatic carbocycles. The molecule has 0 radical (unpaired) electrons. The van der Waals surface area contributed by atoms with Crippen LogP contribution in [0.5, 0.6) is 11.5 Å². The maximum Gasteiger partial charge on any atom is 0.344 e. The monoisotopic (exact) mass is 380 g/mol. The Morgan fingerprint density at radius 3 is 2.35 bits per heavy atom. The van der Waals surface area contributed by atoms with Crippen LogP contribution in [0, 0.1) is 0 Å². The van der Waals surface area contributed by atoms with Gasteiger partial charge in [-0.25, -0.2) is 4.79 Å². The molecule has 0 saturated heterocycles. The molecule has 0 unspecified atom stereocenters. The van der Waals surface area contributed by atoms with E-state index in [-0.39, 0.29) is 17.7 Å². The second-order valence-electron chi connectivity index (χ2n) is 5.08. The van der Waals surface area contributed by atoms with Gasteiger partial charge in [-0.3, -0.25) is 9.35 Å². The van der Waals surface area contributed by atoms with Crippen molar-refractivity contribution in [2.45, 2.75) is 11.8 Å². The van der Waals surface area contributed by atoms with E-state index in [0.717, 1.165) is 12.1 Å². The Morgan fingerprint density at radius 2 is 1.77 bits per heavy atom. The van der Waals surface area contributed by atoms with E-state index in [2.05, 4.69) is 4.74 Å². The molecule has 0 atom stereocenters. The minimum atomic E-state index is -4.79. The van der Waals surface area contributed by atoms with E-state index in [0.29, 0.717) is 0 Å². The fourth-order valence-corrected chi connectivity index (χ4v) is 2.77. The molecule has 2 aromatic rings. The number of aromatic hydroxyl groups is 1. The number of rotatable bonds is 7. The Balaban J connectivity index is 2.45. The molecule has 0 aromatic heterocycles. The Bertz CT molecular complexity index is 919. The van der Waals surface area contributed by atoms with Crippen LogP contribution in [0.25, 0.3) is 0 Å². The van der Waals surface area contributed by atoms with Gasteiger partial charge in [-0.15, -0.1) is 0 Å². The van der Waals surface area contributed by atoms with Crippen molar-refractivity contribution in [1.82, 2.24) is 0 Å². The Hall–Kier alpha value is -2.91. The molecule has 0 fully saturated rings. The van der Waals surface area contributed by atoms with Crippen molar-refractivity contribution in [3.63, 3.8) is 0 Å². The van der Waals surface area contributed by atoms with Crippen LogP contribution in [0.4, 0.5) is 0 Å². The van der Waals surface area contributed by atoms with Gasteiger partial charge >= 0.3 is 5.97 Å². The molecule has 138 valence electrons. The minimum Gasteiger partial charge on any atom is -0.507 e. The highest BCUT2D eigenvalue weighted by molar-refractivity contribution is 7.86. The highest BCUT2D eigenvalue weighted by Crippen LogP contribution is 2.33. The zero-order chi connectivity index (χ0) is 19.3. The molecule has 0 amide bonds. The zero-order valence-corrected chi connectivity index (χ0v) is 14.5. The molecule has 0 spiro atoms. The molecule has 0 heterocycles. The van der Waals surface area contributed by atoms with Crippen LogP contribution in [-0.4, -0.2) is 43.0 Å². The number of phenolic OH excluding ortho intramolecular Hbond substituents is 1. The van der Waals surface area contributed by atoms with Gasteiger partial charge in [0.1, 0.15) is 16.4 Å². The molecule has 0 aliphatic rings. The average Bonchev–Trinajstić information content (AvgIpc) is 2.59. The first kappa shape index (κ1) is 19.4. The second-order valence-corrected chi connectivity index (χ2v) is 6.47. The predicted octanol–water partition coefficient (Wildman–Crippen LogP) is 1.81. The van der Waals surface area contributed by atoms with Crippen molar-refractivity contribution < 1.29 is 37.1 Å². The van der Waals surface area contributed by atoms with Crippen molar-refractivity contribution in [2.75, 3.05) is 13.2 Å². The van der Waals surface area contributed by atoms with Crippen molar-refractivity contribution in [1.29, 1.82) is 0 Å². The summed E-state index contributed by atoms with van der Waals surface area (Å²) in [7, 11) is -4.79. The number of ketones is 1. The molecular weight excluding hydrogens is 364 g/mol. The lowest BCUT2D eigenvalue weighted by Gasteiger charge is -2.12. The van der Waals surface area contributed by atoms with E-state index >= 15 is 0 Å². The van der Waals surface area contributed by atoms with Gasteiger partial charge in [0.25, 0.3) is 10.1 Å². The first-order valence-electron chi connectivity index (χ1n) is 7.46. The van der Waals surface area contributed by atoms with Crippen LogP contribution in [0.1, 0.15) is 22.8 Å². The van der Waals surface area contributed by atoms with Crippen molar-refractivity contribution >= 4 is 21.9 Å². The van der Waals surface area contributed by atoms with Crippen LogP contribution in [0.2, 0.25) is 0 Å². The normalized spacial score (nSPS) is 11.0. The number of phenols is 1. The largest absolute Gasteiger partial charge is 0.507 e. The smallest absolute Gasteiger partial charge is 0.344 e. The summed E-state index contributed by atoms with van der Waals surface area (Å²) in [6, 6.07) is 9.50. The van der Waals surface area contributed by atoms with Crippen LogP contribution in [0.3, 0.4) is 0 Å². The van der Waals surface area contributed by atoms with Gasteiger partial charge < -0.3 is 14.6 Å². The SMILES string of the molecule is CCOC(=O)COc1cc(O)c(C(=O)c2ccccc2)cc1S(=O)(=O)O. The summed E-state index contributed by atoms with van der Waals surface area (Å²) in [6.45, 7) is 1.04. The molecule has 8 nitrogen and oxygen atoms in total. The molecule has 9 heteroatoms. The van der Waals surface area contributed by atoms with E-state index in [1.54, 1.807) is 25.1 Å². The fraction of sp³-hybridized carbons (Fsp3) is 0.176.